The van der Waals surface area contributed by atoms with Gasteiger partial charge in [-0.2, -0.15) is 0 Å². The van der Waals surface area contributed by atoms with Crippen molar-refractivity contribution in [2.24, 2.45) is 0 Å². The van der Waals surface area contributed by atoms with Crippen LogP contribution in [0.3, 0.4) is 0 Å². The lowest BCUT2D eigenvalue weighted by molar-refractivity contribution is 0.0747. The molecule has 0 saturated carbocycles. The van der Waals surface area contributed by atoms with Gasteiger partial charge in [0.05, 0.1) is 24.0 Å². The Labute approximate surface area is 198 Å². The second-order valence-electron chi connectivity index (χ2n) is 8.54. The molecule has 4 aromatic rings. The van der Waals surface area contributed by atoms with E-state index in [0.717, 1.165) is 22.2 Å². The van der Waals surface area contributed by atoms with Gasteiger partial charge in [-0.1, -0.05) is 42.0 Å². The fourth-order valence-electron chi connectivity index (χ4n) is 4.41. The third kappa shape index (κ3) is 4.19. The van der Waals surface area contributed by atoms with Crippen LogP contribution in [0.25, 0.3) is 22.2 Å². The summed E-state index contributed by atoms with van der Waals surface area (Å²) in [5.74, 6) is 0.403. The molecule has 3 aromatic carbocycles. The maximum absolute atomic E-state index is 14.1. The van der Waals surface area contributed by atoms with Gasteiger partial charge in [-0.25, -0.2) is 9.37 Å². The number of hydrogen-bond acceptors (Lipinski definition) is 4. The molecule has 34 heavy (non-hydrogen) atoms. The van der Waals surface area contributed by atoms with Crippen LogP contribution in [0, 0.1) is 12.7 Å². The molecule has 1 aliphatic rings. The van der Waals surface area contributed by atoms with Gasteiger partial charge in [-0.15, -0.1) is 0 Å². The number of rotatable bonds is 4. The SMILES string of the molecule is COc1cc(-c2ccc(C)cc2)nc2ccc(C(=O)N3CCN(c4ccccc4F)CC3)cc12. The average Bonchev–Trinajstić information content (AvgIpc) is 2.88. The van der Waals surface area contributed by atoms with Crippen molar-refractivity contribution in [2.45, 2.75) is 6.92 Å². The number of fused-ring (bicyclic) bond motifs is 1. The van der Waals surface area contributed by atoms with Gasteiger partial charge in [0.15, 0.2) is 0 Å². The number of anilines is 1. The van der Waals surface area contributed by atoms with Gasteiger partial charge in [0.1, 0.15) is 11.6 Å². The summed E-state index contributed by atoms with van der Waals surface area (Å²) in [6.07, 6.45) is 0. The van der Waals surface area contributed by atoms with Crippen molar-refractivity contribution in [3.05, 3.63) is 89.7 Å². The highest BCUT2D eigenvalue weighted by atomic mass is 19.1. The Balaban J connectivity index is 1.38. The molecule has 0 unspecified atom stereocenters. The lowest BCUT2D eigenvalue weighted by Gasteiger charge is -2.36. The molecule has 0 N–H and O–H groups in total. The Kier molecular flexibility index (Phi) is 5.88. The number of aryl methyl sites for hydroxylation is 1. The van der Waals surface area contributed by atoms with Gasteiger partial charge in [-0.3, -0.25) is 4.79 Å². The number of piperazine rings is 1. The molecule has 0 atom stereocenters. The zero-order valence-corrected chi connectivity index (χ0v) is 19.3. The first-order chi connectivity index (χ1) is 16.5. The van der Waals surface area contributed by atoms with Crippen LogP contribution in [0.4, 0.5) is 10.1 Å². The molecule has 1 aliphatic heterocycles. The minimum atomic E-state index is -0.235. The summed E-state index contributed by atoms with van der Waals surface area (Å²) >= 11 is 0. The number of carbonyl (C=O) groups is 1. The summed E-state index contributed by atoms with van der Waals surface area (Å²) in [5, 5.41) is 0.800. The van der Waals surface area contributed by atoms with E-state index in [4.69, 9.17) is 9.72 Å². The van der Waals surface area contributed by atoms with E-state index in [-0.39, 0.29) is 11.7 Å². The Morgan fingerprint density at radius 3 is 2.38 bits per heavy atom. The quantitative estimate of drug-likeness (QED) is 0.418. The number of benzene rings is 3. The summed E-state index contributed by atoms with van der Waals surface area (Å²) in [5.41, 5.74) is 4.98. The fourth-order valence-corrected chi connectivity index (χ4v) is 4.41. The molecular weight excluding hydrogens is 429 g/mol. The highest BCUT2D eigenvalue weighted by Crippen LogP contribution is 2.31. The van der Waals surface area contributed by atoms with Crippen LogP contribution in [-0.4, -0.2) is 49.1 Å². The highest BCUT2D eigenvalue weighted by molar-refractivity contribution is 6.00. The predicted octanol–water partition coefficient (Wildman–Crippen LogP) is 5.32. The van der Waals surface area contributed by atoms with Crippen LogP contribution in [0.1, 0.15) is 15.9 Å². The molecule has 1 aromatic heterocycles. The lowest BCUT2D eigenvalue weighted by Crippen LogP contribution is -2.49. The summed E-state index contributed by atoms with van der Waals surface area (Å²) in [6.45, 7) is 4.30. The predicted molar refractivity (Wildman–Crippen MR) is 133 cm³/mol. The summed E-state index contributed by atoms with van der Waals surface area (Å²) in [7, 11) is 1.63. The van der Waals surface area contributed by atoms with E-state index in [1.165, 1.54) is 11.6 Å². The third-order valence-electron chi connectivity index (χ3n) is 6.34. The number of hydrogen-bond donors (Lipinski definition) is 0. The zero-order chi connectivity index (χ0) is 23.7. The lowest BCUT2D eigenvalue weighted by atomic mass is 10.0. The van der Waals surface area contributed by atoms with E-state index in [1.54, 1.807) is 19.2 Å². The van der Waals surface area contributed by atoms with Crippen LogP contribution in [0.5, 0.6) is 5.75 Å². The van der Waals surface area contributed by atoms with Crippen LogP contribution in [-0.2, 0) is 0 Å². The Bertz CT molecular complexity index is 1350. The molecule has 1 fully saturated rings. The number of carbonyl (C=O) groups excluding carboxylic acids is 1. The molecular formula is C28H26FN3O2. The number of methoxy groups -OCH3 is 1. The van der Waals surface area contributed by atoms with Crippen molar-refractivity contribution >= 4 is 22.5 Å². The van der Waals surface area contributed by atoms with Crippen molar-refractivity contribution in [1.82, 2.24) is 9.88 Å². The molecule has 5 rings (SSSR count). The van der Waals surface area contributed by atoms with Crippen molar-refractivity contribution < 1.29 is 13.9 Å². The van der Waals surface area contributed by atoms with Gasteiger partial charge >= 0.3 is 0 Å². The largest absolute Gasteiger partial charge is 0.496 e. The van der Waals surface area contributed by atoms with E-state index < -0.39 is 0 Å². The standard InChI is InChI=1S/C28H26FN3O2/c1-19-7-9-20(10-8-19)25-18-27(34-2)22-17-21(11-12-24(22)30-25)28(33)32-15-13-31(14-16-32)26-6-4-3-5-23(26)29/h3-12,17-18H,13-16H2,1-2H3. The smallest absolute Gasteiger partial charge is 0.254 e. The zero-order valence-electron chi connectivity index (χ0n) is 19.3. The molecule has 0 radical (unpaired) electrons. The number of amides is 1. The van der Waals surface area contributed by atoms with E-state index in [9.17, 15) is 9.18 Å². The maximum Gasteiger partial charge on any atom is 0.254 e. The monoisotopic (exact) mass is 455 g/mol. The van der Waals surface area contributed by atoms with Gasteiger partial charge in [0, 0.05) is 48.8 Å². The normalized spacial score (nSPS) is 13.9. The second-order valence-corrected chi connectivity index (χ2v) is 8.54. The molecule has 5 nitrogen and oxygen atoms in total. The van der Waals surface area contributed by atoms with E-state index in [2.05, 4.69) is 19.1 Å². The number of para-hydroxylation sites is 1. The maximum atomic E-state index is 14.1. The van der Waals surface area contributed by atoms with Crippen molar-refractivity contribution in [1.29, 1.82) is 0 Å². The second kappa shape index (κ2) is 9.14. The molecule has 0 bridgehead atoms. The number of halogens is 1. The van der Waals surface area contributed by atoms with Crippen molar-refractivity contribution in [3.63, 3.8) is 0 Å². The van der Waals surface area contributed by atoms with Crippen molar-refractivity contribution in [3.8, 4) is 17.0 Å². The van der Waals surface area contributed by atoms with Crippen LogP contribution in [0.2, 0.25) is 0 Å². The Hall–Kier alpha value is -3.93. The highest BCUT2D eigenvalue weighted by Gasteiger charge is 2.24. The molecule has 2 heterocycles. The van der Waals surface area contributed by atoms with Crippen LogP contribution in [0.15, 0.2) is 72.8 Å². The first-order valence-corrected chi connectivity index (χ1v) is 11.4. The van der Waals surface area contributed by atoms with Gasteiger partial charge in [-0.05, 0) is 37.3 Å². The van der Waals surface area contributed by atoms with E-state index >= 15 is 0 Å². The number of aromatic nitrogens is 1. The van der Waals surface area contributed by atoms with E-state index in [0.29, 0.717) is 43.2 Å². The van der Waals surface area contributed by atoms with E-state index in [1.807, 2.05) is 52.3 Å². The number of ether oxygens (including phenoxy) is 1. The van der Waals surface area contributed by atoms with Gasteiger partial charge in [0.2, 0.25) is 0 Å². The van der Waals surface area contributed by atoms with Crippen LogP contribution < -0.4 is 9.64 Å². The van der Waals surface area contributed by atoms with Gasteiger partial charge in [0.25, 0.3) is 5.91 Å². The number of pyridine rings is 1. The van der Waals surface area contributed by atoms with Gasteiger partial charge < -0.3 is 14.5 Å². The fraction of sp³-hybridized carbons (Fsp3) is 0.214. The van der Waals surface area contributed by atoms with Crippen LogP contribution >= 0.6 is 0 Å². The first-order valence-electron chi connectivity index (χ1n) is 11.4. The Morgan fingerprint density at radius 1 is 0.941 bits per heavy atom. The average molecular weight is 456 g/mol. The minimum Gasteiger partial charge on any atom is -0.496 e. The Morgan fingerprint density at radius 2 is 1.68 bits per heavy atom. The molecule has 0 aliphatic carbocycles. The summed E-state index contributed by atoms with van der Waals surface area (Å²) in [4.78, 5) is 21.9. The summed E-state index contributed by atoms with van der Waals surface area (Å²) in [6, 6.07) is 22.4. The summed E-state index contributed by atoms with van der Waals surface area (Å²) < 4.78 is 19.8. The first kappa shape index (κ1) is 21.9. The minimum absolute atomic E-state index is 0.0419. The number of nitrogens with zero attached hydrogens (tertiary/aromatic N) is 3. The molecule has 1 amide bonds. The topological polar surface area (TPSA) is 45.7 Å². The molecule has 6 heteroatoms. The molecule has 0 spiro atoms. The molecule has 1 saturated heterocycles. The molecule has 172 valence electrons. The van der Waals surface area contributed by atoms with Crippen molar-refractivity contribution in [2.75, 3.05) is 38.2 Å². The third-order valence-corrected chi connectivity index (χ3v) is 6.34.